The van der Waals surface area contributed by atoms with Crippen LogP contribution in [0.3, 0.4) is 0 Å². The normalized spacial score (nSPS) is 26.3. The number of allylic oxidation sites excluding steroid dienone is 17. The fourth-order valence-electron chi connectivity index (χ4n) is 9.26. The van der Waals surface area contributed by atoms with Crippen molar-refractivity contribution in [1.29, 1.82) is 0 Å². The SMILES string of the molecule is CC(=O)N[C@H]1[C@@H](OP(=O)(O)OP(=O)(O)OC/C=C(\C)CC/C=C(\C)CC/C=C(\C)CC/C=C(\C)CC/C=C(\C)CC/C=C(\C)CC/C=C(\C)CC/C=C(\C)CCC=C(C)C)O[C@H](CO)[C@@H](O[C@@H]2O[C@H](CO)[C@@H](O)[C@H](O)[C@H]2NC(C)=O)[C@@H]1O. The van der Waals surface area contributed by atoms with E-state index in [1.54, 1.807) is 6.92 Å². The number of ether oxygens (including phenoxy) is 3. The van der Waals surface area contributed by atoms with E-state index in [2.05, 4.69) is 126 Å². The van der Waals surface area contributed by atoms with Crippen molar-refractivity contribution in [2.24, 2.45) is 0 Å². The topological polar surface area (TPSA) is 289 Å². The first kappa shape index (κ1) is 74.6. The van der Waals surface area contributed by atoms with Crippen LogP contribution in [-0.4, -0.2) is 128 Å². The van der Waals surface area contributed by atoms with E-state index < -0.39 is 109 Å². The summed E-state index contributed by atoms with van der Waals surface area (Å²) in [6.45, 7) is 21.5. The molecule has 0 radical (unpaired) electrons. The van der Waals surface area contributed by atoms with Crippen LogP contribution in [0.2, 0.25) is 0 Å². The number of phosphoric ester groups is 2. The molecule has 468 valence electrons. The Bertz CT molecular complexity index is 2370. The Balaban J connectivity index is 1.77. The Kier molecular flexibility index (Phi) is 35.8. The van der Waals surface area contributed by atoms with Gasteiger partial charge in [-0.25, -0.2) is 9.13 Å². The molecule has 0 aromatic heterocycles. The maximum absolute atomic E-state index is 13.1. The Morgan fingerprint density at radius 2 is 0.780 bits per heavy atom. The standard InChI is InChI=1S/C61H102N2O17P2/c1-41(2)21-13-22-42(3)23-14-24-43(4)25-15-26-44(5)27-16-28-45(6)29-17-30-46(7)31-18-32-47(8)33-19-34-48(9)35-20-36-49(10)37-38-75-81(71,72)80-82(73,74)79-61-55(63-51(12)67)58(70)59(53(40-65)77-61)78-60-54(62-50(11)66)57(69)56(68)52(39-64)76-60/h21,23,25,27,29,31,33,35,37,52-61,64-65,68-70H,13-20,22,24,26,28,30,32,34,36,38-40H2,1-12H3,(H,62,66)(H,63,67)(H,71,72)(H,73,74)/b42-23+,43-25+,44-27+,45-29+,46-31+,47-33+,48-35+,49-37+/t52-,53-,54-,55-,56-,57-,58-,59-,60+,61-/m1/s1. The summed E-state index contributed by atoms with van der Waals surface area (Å²) in [4.78, 5) is 45.1. The second kappa shape index (κ2) is 39.3. The molecular weight excluding hydrogens is 1090 g/mol. The molecule has 2 unspecified atom stereocenters. The minimum Gasteiger partial charge on any atom is -0.394 e. The summed E-state index contributed by atoms with van der Waals surface area (Å²) in [6.07, 6.45) is 22.5. The van der Waals surface area contributed by atoms with Crippen LogP contribution in [0.5, 0.6) is 0 Å². The summed E-state index contributed by atoms with van der Waals surface area (Å²) in [5.41, 5.74) is 12.1. The number of hydrogen-bond acceptors (Lipinski definition) is 15. The second-order valence-corrected chi connectivity index (χ2v) is 25.4. The van der Waals surface area contributed by atoms with Gasteiger partial charge in [0.05, 0.1) is 19.8 Å². The van der Waals surface area contributed by atoms with E-state index in [4.69, 9.17) is 23.3 Å². The molecule has 0 aromatic carbocycles. The van der Waals surface area contributed by atoms with Gasteiger partial charge in [-0.1, -0.05) is 105 Å². The van der Waals surface area contributed by atoms with Crippen LogP contribution in [0.4, 0.5) is 0 Å². The van der Waals surface area contributed by atoms with Crippen LogP contribution < -0.4 is 10.6 Å². The van der Waals surface area contributed by atoms with Gasteiger partial charge in [0.25, 0.3) is 0 Å². The molecule has 2 aliphatic rings. The van der Waals surface area contributed by atoms with Crippen molar-refractivity contribution in [3.05, 3.63) is 105 Å². The van der Waals surface area contributed by atoms with Crippen molar-refractivity contribution in [2.45, 2.75) is 247 Å². The molecule has 2 aliphatic heterocycles. The molecule has 12 atom stereocenters. The predicted molar refractivity (Wildman–Crippen MR) is 321 cm³/mol. The van der Waals surface area contributed by atoms with Gasteiger partial charge in [0.15, 0.2) is 12.6 Å². The largest absolute Gasteiger partial charge is 0.483 e. The number of nitrogens with one attached hydrogen (secondary N) is 2. The maximum Gasteiger partial charge on any atom is 0.483 e. The lowest BCUT2D eigenvalue weighted by molar-refractivity contribution is -0.325. The first-order valence-corrected chi connectivity index (χ1v) is 31.9. The maximum atomic E-state index is 13.1. The molecular formula is C61H102N2O17P2. The van der Waals surface area contributed by atoms with Crippen LogP contribution >= 0.6 is 15.6 Å². The van der Waals surface area contributed by atoms with Crippen molar-refractivity contribution in [3.8, 4) is 0 Å². The number of carbonyl (C=O) groups is 2. The zero-order valence-electron chi connectivity index (χ0n) is 51.0. The summed E-state index contributed by atoms with van der Waals surface area (Å²) in [5.74, 6) is -1.50. The smallest absolute Gasteiger partial charge is 0.394 e. The molecule has 2 saturated heterocycles. The van der Waals surface area contributed by atoms with Crippen LogP contribution in [0.25, 0.3) is 0 Å². The fourth-order valence-corrected chi connectivity index (χ4v) is 11.4. The highest BCUT2D eigenvalue weighted by Crippen LogP contribution is 2.61. The molecule has 19 nitrogen and oxygen atoms in total. The third-order valence-electron chi connectivity index (χ3n) is 14.2. The average molecular weight is 1200 g/mol. The summed E-state index contributed by atoms with van der Waals surface area (Å²) in [7, 11) is -10.9. The van der Waals surface area contributed by atoms with E-state index in [0.29, 0.717) is 12.8 Å². The molecule has 82 heavy (non-hydrogen) atoms. The average Bonchev–Trinajstić information content (AvgIpc) is 3.51. The summed E-state index contributed by atoms with van der Waals surface area (Å²) in [6, 6.07) is -3.26. The lowest BCUT2D eigenvalue weighted by atomic mass is 9.94. The van der Waals surface area contributed by atoms with Crippen molar-refractivity contribution in [3.63, 3.8) is 0 Å². The minimum absolute atomic E-state index is 0.476. The molecule has 2 heterocycles. The molecule has 9 N–H and O–H groups in total. The first-order valence-electron chi connectivity index (χ1n) is 28.9. The zero-order valence-corrected chi connectivity index (χ0v) is 52.8. The molecule has 2 amide bonds. The summed E-state index contributed by atoms with van der Waals surface area (Å²) in [5, 5.41) is 57.0. The monoisotopic (exact) mass is 1200 g/mol. The molecule has 21 heteroatoms. The lowest BCUT2D eigenvalue weighted by Crippen LogP contribution is -2.69. The van der Waals surface area contributed by atoms with E-state index in [0.717, 1.165) is 109 Å². The molecule has 0 saturated carbocycles. The van der Waals surface area contributed by atoms with Gasteiger partial charge >= 0.3 is 15.6 Å². The molecule has 0 spiro atoms. The summed E-state index contributed by atoms with van der Waals surface area (Å²) < 4.78 is 57.3. The van der Waals surface area contributed by atoms with Gasteiger partial charge in [-0.3, -0.25) is 18.6 Å². The highest BCUT2D eigenvalue weighted by molar-refractivity contribution is 7.61. The molecule has 2 rings (SSSR count). The zero-order chi connectivity index (χ0) is 61.6. The molecule has 0 aromatic rings. The fraction of sp³-hybridized carbons (Fsp3) is 0.672. The predicted octanol–water partition coefficient (Wildman–Crippen LogP) is 10.9. The van der Waals surface area contributed by atoms with Crippen LogP contribution in [0, 0.1) is 0 Å². The number of aliphatic hydroxyl groups excluding tert-OH is 5. The van der Waals surface area contributed by atoms with E-state index in [1.807, 2.05) is 0 Å². The lowest BCUT2D eigenvalue weighted by Gasteiger charge is -2.48. The van der Waals surface area contributed by atoms with Crippen molar-refractivity contribution < 1.29 is 81.6 Å². The third-order valence-corrected chi connectivity index (χ3v) is 16.8. The summed E-state index contributed by atoms with van der Waals surface area (Å²) >= 11 is 0. The second-order valence-electron chi connectivity index (χ2n) is 22.4. The number of hydrogen-bond donors (Lipinski definition) is 9. The Morgan fingerprint density at radius 3 is 1.12 bits per heavy atom. The van der Waals surface area contributed by atoms with Gasteiger partial charge in [0.2, 0.25) is 11.8 Å². The number of aliphatic hydroxyl groups is 5. The van der Waals surface area contributed by atoms with Gasteiger partial charge in [0.1, 0.15) is 48.7 Å². The number of carbonyl (C=O) groups excluding carboxylic acids is 2. The van der Waals surface area contributed by atoms with Crippen LogP contribution in [0.1, 0.15) is 186 Å². The van der Waals surface area contributed by atoms with Crippen LogP contribution in [-0.2, 0) is 46.3 Å². The Labute approximate surface area is 489 Å². The van der Waals surface area contributed by atoms with Crippen LogP contribution in [0.15, 0.2) is 105 Å². The van der Waals surface area contributed by atoms with Gasteiger partial charge < -0.3 is 60.2 Å². The number of amides is 2. The van der Waals surface area contributed by atoms with E-state index >= 15 is 0 Å². The Morgan fingerprint density at radius 1 is 0.451 bits per heavy atom. The Hall–Kier alpha value is -3.46. The first-order chi connectivity index (χ1) is 38.6. The van der Waals surface area contributed by atoms with E-state index in [-0.39, 0.29) is 0 Å². The van der Waals surface area contributed by atoms with Gasteiger partial charge in [0, 0.05) is 13.8 Å². The number of rotatable bonds is 37. The molecule has 0 aliphatic carbocycles. The van der Waals surface area contributed by atoms with Gasteiger partial charge in [-0.15, -0.1) is 0 Å². The quantitative estimate of drug-likeness (QED) is 0.0206. The van der Waals surface area contributed by atoms with Gasteiger partial charge in [-0.05, 0) is 172 Å². The highest BCUT2D eigenvalue weighted by Gasteiger charge is 2.53. The minimum atomic E-state index is -5.62. The highest BCUT2D eigenvalue weighted by atomic mass is 31.3. The van der Waals surface area contributed by atoms with E-state index in [9.17, 15) is 54.0 Å². The van der Waals surface area contributed by atoms with Gasteiger partial charge in [-0.2, -0.15) is 4.31 Å². The molecule has 0 bridgehead atoms. The third kappa shape index (κ3) is 31.1. The number of phosphoric acid groups is 2. The van der Waals surface area contributed by atoms with E-state index in [1.165, 1.54) is 50.7 Å². The van der Waals surface area contributed by atoms with Crippen molar-refractivity contribution in [2.75, 3.05) is 19.8 Å². The van der Waals surface area contributed by atoms with Crippen molar-refractivity contribution >= 4 is 27.5 Å². The molecule has 2 fully saturated rings. The van der Waals surface area contributed by atoms with Crippen molar-refractivity contribution in [1.82, 2.24) is 10.6 Å².